The average Bonchev–Trinajstić information content (AvgIpc) is 3.62. The summed E-state index contributed by atoms with van der Waals surface area (Å²) in [5.41, 5.74) is 6.79. The number of pyridine rings is 1. The lowest BCUT2D eigenvalue weighted by molar-refractivity contribution is 1.09. The molecule has 0 amide bonds. The summed E-state index contributed by atoms with van der Waals surface area (Å²) in [6.45, 7) is 0. The Bertz CT molecular complexity index is 2390. The molecule has 0 aliphatic heterocycles. The fraction of sp³-hybridized carbons (Fsp3) is 0. The number of benzene rings is 6. The van der Waals surface area contributed by atoms with Crippen molar-refractivity contribution in [2.24, 2.45) is 0 Å². The lowest BCUT2D eigenvalue weighted by Gasteiger charge is -2.13. The molecular weight excluding hydrogens is 529 g/mol. The van der Waals surface area contributed by atoms with Crippen LogP contribution in [0.25, 0.3) is 81.0 Å². The first-order valence-corrected chi connectivity index (χ1v) is 15.1. The van der Waals surface area contributed by atoms with Crippen molar-refractivity contribution in [3.8, 4) is 28.2 Å². The zero-order valence-corrected chi connectivity index (χ0v) is 23.5. The van der Waals surface area contributed by atoms with E-state index in [4.69, 9.17) is 4.98 Å². The molecule has 2 nitrogen and oxygen atoms in total. The molecule has 6 aromatic carbocycles. The summed E-state index contributed by atoms with van der Waals surface area (Å²) in [6.07, 6.45) is 0. The number of rotatable bonds is 3. The summed E-state index contributed by atoms with van der Waals surface area (Å²) < 4.78 is 5.01. The SMILES string of the molecule is c1ccc(-c2cc(-c3ccccc3)nc(-n3c4ccccc4c4c5ccccc5c5c6ccccc6sc5c43)c2)cc1. The minimum atomic E-state index is 0.926. The van der Waals surface area contributed by atoms with Gasteiger partial charge in [-0.05, 0) is 46.2 Å². The third-order valence-corrected chi connectivity index (χ3v) is 9.55. The maximum absolute atomic E-state index is 5.38. The molecule has 0 fully saturated rings. The van der Waals surface area contributed by atoms with Gasteiger partial charge in [-0.15, -0.1) is 11.3 Å². The summed E-state index contributed by atoms with van der Waals surface area (Å²) in [7, 11) is 0. The van der Waals surface area contributed by atoms with Gasteiger partial charge in [0.15, 0.2) is 0 Å². The molecule has 3 heterocycles. The van der Waals surface area contributed by atoms with E-state index in [0.717, 1.165) is 22.6 Å². The van der Waals surface area contributed by atoms with Gasteiger partial charge in [0, 0.05) is 31.8 Å². The number of para-hydroxylation sites is 1. The molecule has 0 spiro atoms. The van der Waals surface area contributed by atoms with Gasteiger partial charge >= 0.3 is 0 Å². The van der Waals surface area contributed by atoms with E-state index in [9.17, 15) is 0 Å². The van der Waals surface area contributed by atoms with Crippen LogP contribution in [0.5, 0.6) is 0 Å². The molecule has 0 N–H and O–H groups in total. The first kappa shape index (κ1) is 23.5. The molecule has 0 saturated carbocycles. The van der Waals surface area contributed by atoms with E-state index in [2.05, 4.69) is 150 Å². The van der Waals surface area contributed by atoms with Crippen molar-refractivity contribution < 1.29 is 0 Å². The predicted octanol–water partition coefficient (Wildman–Crippen LogP) is 11.0. The van der Waals surface area contributed by atoms with Gasteiger partial charge in [-0.3, -0.25) is 4.57 Å². The summed E-state index contributed by atoms with van der Waals surface area (Å²) in [4.78, 5) is 5.38. The molecule has 9 aromatic rings. The molecule has 0 radical (unpaired) electrons. The molecule has 42 heavy (non-hydrogen) atoms. The van der Waals surface area contributed by atoms with Crippen LogP contribution in [0, 0.1) is 0 Å². The van der Waals surface area contributed by atoms with Crippen LogP contribution in [0.2, 0.25) is 0 Å². The van der Waals surface area contributed by atoms with Gasteiger partial charge in [0.2, 0.25) is 0 Å². The summed E-state index contributed by atoms with van der Waals surface area (Å²) in [5.74, 6) is 0.926. The fourth-order valence-electron chi connectivity index (χ4n) is 6.55. The van der Waals surface area contributed by atoms with Gasteiger partial charge in [0.05, 0.1) is 21.4 Å². The summed E-state index contributed by atoms with van der Waals surface area (Å²) in [6, 6.07) is 52.1. The van der Waals surface area contributed by atoms with E-state index in [1.54, 1.807) is 0 Å². The molecule has 0 aliphatic carbocycles. The average molecular weight is 553 g/mol. The molecule has 3 heteroatoms. The summed E-state index contributed by atoms with van der Waals surface area (Å²) in [5, 5.41) is 7.75. The second kappa shape index (κ2) is 9.13. The Morgan fingerprint density at radius 2 is 1.07 bits per heavy atom. The van der Waals surface area contributed by atoms with Crippen molar-refractivity contribution >= 4 is 64.1 Å². The van der Waals surface area contributed by atoms with Gasteiger partial charge in [0.25, 0.3) is 0 Å². The molecule has 0 saturated heterocycles. The molecule has 0 unspecified atom stereocenters. The van der Waals surface area contributed by atoms with Crippen LogP contribution in [-0.4, -0.2) is 9.55 Å². The van der Waals surface area contributed by atoms with Crippen LogP contribution >= 0.6 is 11.3 Å². The Hall–Kier alpha value is -5.25. The third-order valence-electron chi connectivity index (χ3n) is 8.37. The summed E-state index contributed by atoms with van der Waals surface area (Å²) >= 11 is 1.88. The standard InChI is InChI=1S/C39H24N2S/c1-3-13-25(14-4-1)27-23-32(26-15-5-2-6-16-26)40-35(24-27)41-33-21-11-9-19-30(33)36-28-17-7-8-18-29(28)37-31-20-10-12-22-34(31)42-39(37)38(36)41/h1-24H. The van der Waals surface area contributed by atoms with Gasteiger partial charge in [-0.2, -0.15) is 0 Å². The Labute approximate surface area is 246 Å². The highest BCUT2D eigenvalue weighted by Gasteiger charge is 2.22. The van der Waals surface area contributed by atoms with E-state index < -0.39 is 0 Å². The number of aromatic nitrogens is 2. The number of thiophene rings is 1. The molecule has 0 aliphatic rings. The lowest BCUT2D eigenvalue weighted by Crippen LogP contribution is -2.00. The number of hydrogen-bond acceptors (Lipinski definition) is 2. The quantitative estimate of drug-likeness (QED) is 0.213. The maximum atomic E-state index is 5.38. The highest BCUT2D eigenvalue weighted by molar-refractivity contribution is 7.27. The van der Waals surface area contributed by atoms with E-state index in [-0.39, 0.29) is 0 Å². The number of hydrogen-bond donors (Lipinski definition) is 0. The van der Waals surface area contributed by atoms with Crippen molar-refractivity contribution in [3.05, 3.63) is 146 Å². The highest BCUT2D eigenvalue weighted by atomic mass is 32.1. The highest BCUT2D eigenvalue weighted by Crippen LogP contribution is 2.47. The van der Waals surface area contributed by atoms with Gasteiger partial charge in [0.1, 0.15) is 5.82 Å². The minimum absolute atomic E-state index is 0.926. The van der Waals surface area contributed by atoms with Crippen LogP contribution in [-0.2, 0) is 0 Å². The van der Waals surface area contributed by atoms with Gasteiger partial charge < -0.3 is 0 Å². The Morgan fingerprint density at radius 1 is 0.476 bits per heavy atom. The van der Waals surface area contributed by atoms with Crippen LogP contribution < -0.4 is 0 Å². The van der Waals surface area contributed by atoms with Crippen LogP contribution in [0.3, 0.4) is 0 Å². The van der Waals surface area contributed by atoms with Crippen LogP contribution in [0.1, 0.15) is 0 Å². The normalized spacial score (nSPS) is 11.8. The third kappa shape index (κ3) is 3.41. The molecule has 3 aromatic heterocycles. The zero-order chi connectivity index (χ0) is 27.6. The van der Waals surface area contributed by atoms with E-state index in [0.29, 0.717) is 0 Å². The molecular formula is C39H24N2S. The maximum Gasteiger partial charge on any atom is 0.138 e. The smallest absolute Gasteiger partial charge is 0.138 e. The molecule has 196 valence electrons. The largest absolute Gasteiger partial charge is 0.292 e. The topological polar surface area (TPSA) is 17.8 Å². The first-order chi connectivity index (χ1) is 20.8. The number of nitrogens with zero attached hydrogens (tertiary/aromatic N) is 2. The Balaban J connectivity index is 1.50. The second-order valence-electron chi connectivity index (χ2n) is 10.8. The Morgan fingerprint density at radius 3 is 1.83 bits per heavy atom. The van der Waals surface area contributed by atoms with Crippen LogP contribution in [0.4, 0.5) is 0 Å². The van der Waals surface area contributed by atoms with Gasteiger partial charge in [-0.1, -0.05) is 121 Å². The fourth-order valence-corrected chi connectivity index (χ4v) is 7.81. The first-order valence-electron chi connectivity index (χ1n) is 14.2. The van der Waals surface area contributed by atoms with Crippen molar-refractivity contribution in [3.63, 3.8) is 0 Å². The zero-order valence-electron chi connectivity index (χ0n) is 22.7. The minimum Gasteiger partial charge on any atom is -0.292 e. The van der Waals surface area contributed by atoms with Gasteiger partial charge in [-0.25, -0.2) is 4.98 Å². The lowest BCUT2D eigenvalue weighted by atomic mass is 9.99. The molecule has 9 rings (SSSR count). The van der Waals surface area contributed by atoms with Crippen molar-refractivity contribution in [1.82, 2.24) is 9.55 Å². The van der Waals surface area contributed by atoms with E-state index in [1.165, 1.54) is 58.3 Å². The van der Waals surface area contributed by atoms with Crippen molar-refractivity contribution in [2.45, 2.75) is 0 Å². The monoisotopic (exact) mass is 552 g/mol. The molecule has 0 bridgehead atoms. The molecule has 0 atom stereocenters. The van der Waals surface area contributed by atoms with Crippen molar-refractivity contribution in [1.29, 1.82) is 0 Å². The second-order valence-corrected chi connectivity index (χ2v) is 11.8. The van der Waals surface area contributed by atoms with E-state index >= 15 is 0 Å². The van der Waals surface area contributed by atoms with E-state index in [1.807, 2.05) is 11.3 Å². The predicted molar refractivity (Wildman–Crippen MR) is 180 cm³/mol. The number of fused-ring (bicyclic) bond motifs is 10. The Kier molecular flexibility index (Phi) is 5.10. The van der Waals surface area contributed by atoms with Crippen LogP contribution in [0.15, 0.2) is 146 Å². The van der Waals surface area contributed by atoms with Crippen molar-refractivity contribution in [2.75, 3.05) is 0 Å².